The average molecular weight is 173 g/mol. The van der Waals surface area contributed by atoms with E-state index in [1.165, 1.54) is 25.7 Å². The van der Waals surface area contributed by atoms with Crippen molar-refractivity contribution in [2.24, 2.45) is 5.41 Å². The van der Waals surface area contributed by atoms with E-state index in [4.69, 9.17) is 0 Å². The predicted molar refractivity (Wildman–Crippen MR) is 49.6 cm³/mol. The summed E-state index contributed by atoms with van der Waals surface area (Å²) in [6, 6.07) is 0. The number of hydrogen-bond acceptors (Lipinski definition) is 1. The smallest absolute Gasteiger partial charge is 0.0748 e. The Morgan fingerprint density at radius 2 is 1.73 bits per heavy atom. The first kappa shape index (κ1) is 9.19. The molecular formula is C9H18OP+. The molecule has 0 radical (unpaired) electrons. The maximum Gasteiger partial charge on any atom is 0.338 e. The zero-order valence-corrected chi connectivity index (χ0v) is 8.66. The normalized spacial score (nSPS) is 26.6. The average Bonchev–Trinajstić information content (AvgIpc) is 1.86. The van der Waals surface area contributed by atoms with Crippen molar-refractivity contribution in [1.82, 2.24) is 0 Å². The minimum absolute atomic E-state index is 0.516. The van der Waals surface area contributed by atoms with Gasteiger partial charge in [0.2, 0.25) is 0 Å². The molecule has 1 aliphatic carbocycles. The van der Waals surface area contributed by atoms with Crippen molar-refractivity contribution in [3.63, 3.8) is 0 Å². The summed E-state index contributed by atoms with van der Waals surface area (Å²) >= 11 is 0. The van der Waals surface area contributed by atoms with E-state index in [1.807, 2.05) is 6.66 Å². The molecule has 1 saturated carbocycles. The van der Waals surface area contributed by atoms with E-state index in [0.29, 0.717) is 11.1 Å². The predicted octanol–water partition coefficient (Wildman–Crippen LogP) is 3.41. The summed E-state index contributed by atoms with van der Waals surface area (Å²) in [6.07, 6.45) is 4.87. The van der Waals surface area contributed by atoms with Gasteiger partial charge in [-0.1, -0.05) is 18.4 Å². The third kappa shape index (κ3) is 2.56. The van der Waals surface area contributed by atoms with Gasteiger partial charge in [-0.05, 0) is 31.1 Å². The Kier molecular flexibility index (Phi) is 2.70. The van der Waals surface area contributed by atoms with E-state index in [-0.39, 0.29) is 0 Å². The summed E-state index contributed by atoms with van der Waals surface area (Å²) in [5.41, 5.74) is 1.04. The van der Waals surface area contributed by atoms with E-state index in [1.54, 1.807) is 0 Å². The van der Waals surface area contributed by atoms with Gasteiger partial charge in [0.15, 0.2) is 5.66 Å². The Hall–Kier alpha value is 0.100. The van der Waals surface area contributed by atoms with Gasteiger partial charge in [0.1, 0.15) is 6.66 Å². The van der Waals surface area contributed by atoms with E-state index in [0.717, 1.165) is 0 Å². The third-order valence-corrected chi connectivity index (χ3v) is 4.37. The lowest BCUT2D eigenvalue weighted by molar-refractivity contribution is 0.247. The van der Waals surface area contributed by atoms with Crippen molar-refractivity contribution in [2.45, 2.75) is 45.2 Å². The molecule has 1 atom stereocenters. The first-order valence-corrected chi connectivity index (χ1v) is 6.19. The zero-order valence-electron chi connectivity index (χ0n) is 7.76. The Morgan fingerprint density at radius 3 is 2.09 bits per heavy atom. The highest BCUT2D eigenvalue weighted by atomic mass is 31.1. The van der Waals surface area contributed by atoms with Crippen LogP contribution in [0.5, 0.6) is 0 Å². The molecule has 0 amide bonds. The van der Waals surface area contributed by atoms with Crippen molar-refractivity contribution in [3.05, 3.63) is 0 Å². The van der Waals surface area contributed by atoms with E-state index in [9.17, 15) is 4.57 Å². The van der Waals surface area contributed by atoms with Gasteiger partial charge in [-0.15, -0.1) is 0 Å². The van der Waals surface area contributed by atoms with Crippen LogP contribution in [0.1, 0.15) is 39.5 Å². The molecule has 1 nitrogen and oxygen atoms in total. The minimum Gasteiger partial charge on any atom is -0.0748 e. The Balaban J connectivity index is 2.42. The number of rotatable bonds is 1. The molecule has 64 valence electrons. The van der Waals surface area contributed by atoms with Crippen LogP contribution < -0.4 is 0 Å². The van der Waals surface area contributed by atoms with Crippen molar-refractivity contribution in [3.8, 4) is 0 Å². The molecule has 1 unspecified atom stereocenters. The second-order valence-electron chi connectivity index (χ2n) is 4.44. The minimum atomic E-state index is -0.910. The molecule has 11 heavy (non-hydrogen) atoms. The summed E-state index contributed by atoms with van der Waals surface area (Å²) in [5.74, 6) is 0. The van der Waals surface area contributed by atoms with Gasteiger partial charge in [-0.25, -0.2) is 0 Å². The van der Waals surface area contributed by atoms with Crippen LogP contribution in [0.4, 0.5) is 0 Å². The molecule has 0 aromatic rings. The van der Waals surface area contributed by atoms with E-state index in [2.05, 4.69) is 13.8 Å². The maximum atomic E-state index is 11.2. The summed E-state index contributed by atoms with van der Waals surface area (Å²) in [6.45, 7) is 6.50. The largest absolute Gasteiger partial charge is 0.338 e. The van der Waals surface area contributed by atoms with Crippen LogP contribution in [0.25, 0.3) is 0 Å². The molecule has 0 aromatic heterocycles. The van der Waals surface area contributed by atoms with Crippen molar-refractivity contribution < 1.29 is 4.57 Å². The molecule has 0 N–H and O–H groups in total. The lowest BCUT2D eigenvalue weighted by atomic mass is 9.77. The molecule has 0 saturated heterocycles. The molecule has 1 aliphatic rings. The van der Waals surface area contributed by atoms with Crippen LogP contribution in [0.3, 0.4) is 0 Å². The topological polar surface area (TPSA) is 17.1 Å². The summed E-state index contributed by atoms with van der Waals surface area (Å²) in [4.78, 5) is 0. The van der Waals surface area contributed by atoms with E-state index < -0.39 is 7.80 Å². The van der Waals surface area contributed by atoms with Crippen LogP contribution in [-0.2, 0) is 4.57 Å². The fourth-order valence-electron chi connectivity index (χ4n) is 1.75. The fourth-order valence-corrected chi connectivity index (χ4v) is 2.73. The fraction of sp³-hybridized carbons (Fsp3) is 1.00. The molecular weight excluding hydrogens is 155 g/mol. The standard InChI is InChI=1S/C9H18OP/c1-9(2)6-4-8(5-7-9)11(3)10/h8H,4-7H2,1-3H3/q+1. The molecule has 0 aliphatic heterocycles. The molecule has 0 bridgehead atoms. The molecule has 1 fully saturated rings. The van der Waals surface area contributed by atoms with Crippen LogP contribution in [0, 0.1) is 5.41 Å². The quantitative estimate of drug-likeness (QED) is 0.555. The van der Waals surface area contributed by atoms with Gasteiger partial charge >= 0.3 is 7.80 Å². The van der Waals surface area contributed by atoms with Crippen LogP contribution >= 0.6 is 7.80 Å². The molecule has 0 spiro atoms. The second kappa shape index (κ2) is 3.23. The van der Waals surface area contributed by atoms with E-state index >= 15 is 0 Å². The van der Waals surface area contributed by atoms with Crippen molar-refractivity contribution in [1.29, 1.82) is 0 Å². The molecule has 0 aromatic carbocycles. The van der Waals surface area contributed by atoms with Crippen molar-refractivity contribution in [2.75, 3.05) is 6.66 Å². The zero-order chi connectivity index (χ0) is 8.48. The Labute approximate surface area is 70.4 Å². The van der Waals surface area contributed by atoms with Crippen LogP contribution in [-0.4, -0.2) is 12.3 Å². The van der Waals surface area contributed by atoms with Gasteiger partial charge in [0.25, 0.3) is 0 Å². The molecule has 2 heteroatoms. The van der Waals surface area contributed by atoms with Crippen LogP contribution in [0.15, 0.2) is 0 Å². The highest BCUT2D eigenvalue weighted by molar-refractivity contribution is 7.44. The maximum absolute atomic E-state index is 11.2. The Morgan fingerprint density at radius 1 is 1.27 bits per heavy atom. The summed E-state index contributed by atoms with van der Waals surface area (Å²) in [7, 11) is -0.910. The van der Waals surface area contributed by atoms with Crippen LogP contribution in [0.2, 0.25) is 0 Å². The number of hydrogen-bond donors (Lipinski definition) is 0. The van der Waals surface area contributed by atoms with Gasteiger partial charge in [0, 0.05) is 0 Å². The summed E-state index contributed by atoms with van der Waals surface area (Å²) in [5, 5.41) is 0. The monoisotopic (exact) mass is 173 g/mol. The van der Waals surface area contributed by atoms with Gasteiger partial charge in [-0.2, -0.15) is 0 Å². The first-order valence-electron chi connectivity index (χ1n) is 4.41. The molecule has 1 rings (SSSR count). The lowest BCUT2D eigenvalue weighted by Gasteiger charge is -2.30. The lowest BCUT2D eigenvalue weighted by Crippen LogP contribution is -2.22. The van der Waals surface area contributed by atoms with Gasteiger partial charge in [-0.3, -0.25) is 0 Å². The third-order valence-electron chi connectivity index (χ3n) is 2.82. The second-order valence-corrected chi connectivity index (χ2v) is 6.26. The Bertz CT molecular complexity index is 153. The SMILES string of the molecule is C[P+](=O)C1CCC(C)(C)CC1. The van der Waals surface area contributed by atoms with Gasteiger partial charge in [0.05, 0.1) is 0 Å². The highest BCUT2D eigenvalue weighted by Crippen LogP contribution is 2.42. The molecule has 0 heterocycles. The van der Waals surface area contributed by atoms with Crippen molar-refractivity contribution >= 4 is 7.80 Å². The van der Waals surface area contributed by atoms with Gasteiger partial charge < -0.3 is 0 Å². The summed E-state index contributed by atoms with van der Waals surface area (Å²) < 4.78 is 11.2. The highest BCUT2D eigenvalue weighted by Gasteiger charge is 2.34. The first-order chi connectivity index (χ1) is 5.01.